The highest BCUT2D eigenvalue weighted by Crippen LogP contribution is 2.36. The largest absolute Gasteiger partial charge is 0.396 e. The van der Waals surface area contributed by atoms with Gasteiger partial charge in [0, 0.05) is 29.8 Å². The van der Waals surface area contributed by atoms with Crippen LogP contribution in [0.5, 0.6) is 0 Å². The molecule has 2 amide bonds. The highest BCUT2D eigenvalue weighted by Gasteiger charge is 2.28. The smallest absolute Gasteiger partial charge is 0.276 e. The Morgan fingerprint density at radius 1 is 1.07 bits per heavy atom. The van der Waals surface area contributed by atoms with E-state index in [4.69, 9.17) is 10.2 Å². The molecule has 1 saturated heterocycles. The monoisotopic (exact) mass is 564 g/mol. The molecule has 0 spiro atoms. The van der Waals surface area contributed by atoms with Crippen molar-refractivity contribution in [1.29, 1.82) is 0 Å². The molecule has 0 radical (unpaired) electrons. The van der Waals surface area contributed by atoms with Crippen LogP contribution in [0.4, 0.5) is 5.69 Å². The predicted molar refractivity (Wildman–Crippen MR) is 163 cm³/mol. The van der Waals surface area contributed by atoms with Crippen molar-refractivity contribution in [2.45, 2.75) is 39.2 Å². The maximum atomic E-state index is 13.5. The summed E-state index contributed by atoms with van der Waals surface area (Å²) in [5, 5.41) is 25.8. The molecular formula is C33H36N6O3. The minimum absolute atomic E-state index is 0.249. The van der Waals surface area contributed by atoms with E-state index in [0.29, 0.717) is 23.0 Å². The minimum atomic E-state index is -0.408. The highest BCUT2D eigenvalue weighted by atomic mass is 16.3. The van der Waals surface area contributed by atoms with Gasteiger partial charge in [0.2, 0.25) is 0 Å². The van der Waals surface area contributed by atoms with Gasteiger partial charge in [-0.1, -0.05) is 48.6 Å². The molecule has 1 unspecified atom stereocenters. The van der Waals surface area contributed by atoms with Crippen molar-refractivity contribution in [1.82, 2.24) is 14.7 Å². The number of nitrogens with zero attached hydrogens (tertiary/aromatic N) is 5. The molecule has 1 fully saturated rings. The van der Waals surface area contributed by atoms with E-state index in [-0.39, 0.29) is 18.4 Å². The van der Waals surface area contributed by atoms with Crippen molar-refractivity contribution in [3.8, 4) is 0 Å². The second kappa shape index (κ2) is 12.3. The summed E-state index contributed by atoms with van der Waals surface area (Å²) in [6.45, 7) is 6.16. The van der Waals surface area contributed by atoms with Crippen LogP contribution in [-0.4, -0.2) is 57.8 Å². The van der Waals surface area contributed by atoms with Crippen molar-refractivity contribution in [2.75, 3.05) is 31.6 Å². The van der Waals surface area contributed by atoms with Crippen LogP contribution in [0.1, 0.15) is 47.3 Å². The second-order valence-corrected chi connectivity index (χ2v) is 11.3. The zero-order valence-corrected chi connectivity index (χ0v) is 23.9. The van der Waals surface area contributed by atoms with Crippen LogP contribution < -0.4 is 5.32 Å². The maximum Gasteiger partial charge on any atom is 0.276 e. The molecule has 9 nitrogen and oxygen atoms in total. The van der Waals surface area contributed by atoms with Gasteiger partial charge < -0.3 is 15.3 Å². The van der Waals surface area contributed by atoms with Gasteiger partial charge in [-0.3, -0.25) is 14.3 Å². The standard InChI is InChI=1S/C33H36N6O3/c1-22-20-24(12-13-25(22)30-26-8-2-3-9-27(26)32(41)36-35-30)34-33(42)31-28-10-4-5-11-29(28)39(37-31)21-23-14-17-38(18-15-23)16-6-7-19-40/h2-5,8-13,20,23,27,40H,6-7,14-19,21H2,1H3,(H,34,42). The van der Waals surface area contributed by atoms with Gasteiger partial charge in [0.15, 0.2) is 5.69 Å². The Morgan fingerprint density at radius 2 is 1.90 bits per heavy atom. The van der Waals surface area contributed by atoms with E-state index in [9.17, 15) is 9.59 Å². The van der Waals surface area contributed by atoms with Crippen LogP contribution in [0.25, 0.3) is 16.6 Å². The molecule has 1 aliphatic carbocycles. The summed E-state index contributed by atoms with van der Waals surface area (Å²) < 4.78 is 2.00. The number of aryl methyl sites for hydroxylation is 1. The number of amides is 2. The van der Waals surface area contributed by atoms with E-state index in [2.05, 4.69) is 20.4 Å². The van der Waals surface area contributed by atoms with Gasteiger partial charge in [0.25, 0.3) is 11.8 Å². The molecule has 1 atom stereocenters. The lowest BCUT2D eigenvalue weighted by molar-refractivity contribution is -0.119. The number of carbonyl (C=O) groups excluding carboxylic acids is 2. The number of nitrogens with one attached hydrogen (secondary N) is 1. The van der Waals surface area contributed by atoms with E-state index in [1.54, 1.807) is 0 Å². The number of aliphatic hydroxyl groups excluding tert-OH is 1. The number of unbranched alkanes of at least 4 members (excludes halogenated alkanes) is 1. The average molecular weight is 565 g/mol. The van der Waals surface area contributed by atoms with Gasteiger partial charge in [-0.2, -0.15) is 5.10 Å². The van der Waals surface area contributed by atoms with Crippen molar-refractivity contribution in [3.63, 3.8) is 0 Å². The van der Waals surface area contributed by atoms with Gasteiger partial charge >= 0.3 is 0 Å². The number of allylic oxidation sites excluding steroid dienone is 3. The minimum Gasteiger partial charge on any atom is -0.396 e. The molecule has 0 saturated carbocycles. The number of hydrogen-bond acceptors (Lipinski definition) is 6. The Kier molecular flexibility index (Phi) is 8.21. The number of rotatable bonds is 9. The Morgan fingerprint density at radius 3 is 2.71 bits per heavy atom. The number of benzene rings is 2. The first-order valence-corrected chi connectivity index (χ1v) is 14.8. The molecule has 2 aromatic carbocycles. The fraction of sp³-hybridized carbons (Fsp3) is 0.364. The lowest BCUT2D eigenvalue weighted by Gasteiger charge is -2.32. The Labute approximate surface area is 245 Å². The quantitative estimate of drug-likeness (QED) is 0.332. The van der Waals surface area contributed by atoms with E-state index in [1.807, 2.05) is 78.4 Å². The lowest BCUT2D eigenvalue weighted by Crippen LogP contribution is -2.35. The fourth-order valence-electron chi connectivity index (χ4n) is 6.13. The molecule has 2 N–H and O–H groups in total. The summed E-state index contributed by atoms with van der Waals surface area (Å²) in [7, 11) is 0. The number of anilines is 1. The summed E-state index contributed by atoms with van der Waals surface area (Å²) in [4.78, 5) is 28.2. The number of azo groups is 1. The molecule has 3 aromatic rings. The van der Waals surface area contributed by atoms with Crippen molar-refractivity contribution in [2.24, 2.45) is 22.1 Å². The zero-order valence-electron chi connectivity index (χ0n) is 23.9. The van der Waals surface area contributed by atoms with Crippen LogP contribution in [-0.2, 0) is 11.3 Å². The summed E-state index contributed by atoms with van der Waals surface area (Å²) in [6.07, 6.45) is 11.6. The number of piperidine rings is 1. The Balaban J connectivity index is 1.17. The third-order valence-electron chi connectivity index (χ3n) is 8.45. The van der Waals surface area contributed by atoms with Crippen LogP contribution >= 0.6 is 0 Å². The molecule has 42 heavy (non-hydrogen) atoms. The molecule has 6 rings (SSSR count). The van der Waals surface area contributed by atoms with Gasteiger partial charge in [0.05, 0.1) is 17.1 Å². The summed E-state index contributed by atoms with van der Waals surface area (Å²) in [5.41, 5.74) is 5.35. The van der Waals surface area contributed by atoms with Gasteiger partial charge in [-0.25, -0.2) is 0 Å². The van der Waals surface area contributed by atoms with Gasteiger partial charge in [0.1, 0.15) is 0 Å². The van der Waals surface area contributed by atoms with Gasteiger partial charge in [-0.15, -0.1) is 10.2 Å². The SMILES string of the molecule is Cc1cc(NC(=O)c2nn(CC3CCN(CCCCO)CC3)c3ccccc23)ccc1C1=C2C=CC=CC2C(=O)N=N1. The summed E-state index contributed by atoms with van der Waals surface area (Å²) in [5.74, 6) is -0.414. The molecule has 9 heteroatoms. The Bertz CT molecular complexity index is 1620. The first-order chi connectivity index (χ1) is 20.5. The summed E-state index contributed by atoms with van der Waals surface area (Å²) >= 11 is 0. The number of likely N-dealkylation sites (tertiary alicyclic amines) is 1. The van der Waals surface area contributed by atoms with E-state index >= 15 is 0 Å². The van der Waals surface area contributed by atoms with Crippen molar-refractivity contribution < 1.29 is 14.7 Å². The first kappa shape index (κ1) is 27.9. The topological polar surface area (TPSA) is 112 Å². The normalized spacial score (nSPS) is 19.1. The first-order valence-electron chi connectivity index (χ1n) is 14.8. The second-order valence-electron chi connectivity index (χ2n) is 11.3. The number of fused-ring (bicyclic) bond motifs is 2. The van der Waals surface area contributed by atoms with Crippen LogP contribution in [0.3, 0.4) is 0 Å². The third-order valence-corrected chi connectivity index (χ3v) is 8.45. The van der Waals surface area contributed by atoms with Crippen LogP contribution in [0.15, 0.2) is 82.6 Å². The number of aromatic nitrogens is 2. The van der Waals surface area contributed by atoms with E-state index < -0.39 is 5.92 Å². The molecular weight excluding hydrogens is 528 g/mol. The van der Waals surface area contributed by atoms with Crippen LogP contribution in [0, 0.1) is 18.8 Å². The highest BCUT2D eigenvalue weighted by molar-refractivity contribution is 6.11. The zero-order chi connectivity index (χ0) is 29.1. The molecule has 3 aliphatic rings. The molecule has 3 heterocycles. The number of carbonyl (C=O) groups is 2. The maximum absolute atomic E-state index is 13.5. The molecule has 0 bridgehead atoms. The van der Waals surface area contributed by atoms with Crippen molar-refractivity contribution in [3.05, 3.63) is 89.2 Å². The molecule has 1 aromatic heterocycles. The molecule has 2 aliphatic heterocycles. The number of hydrogen-bond donors (Lipinski definition) is 2. The fourth-order valence-corrected chi connectivity index (χ4v) is 6.13. The van der Waals surface area contributed by atoms with Crippen molar-refractivity contribution >= 4 is 34.1 Å². The van der Waals surface area contributed by atoms with Crippen LogP contribution in [0.2, 0.25) is 0 Å². The summed E-state index contributed by atoms with van der Waals surface area (Å²) in [6, 6.07) is 13.6. The number of para-hydroxylation sites is 1. The van der Waals surface area contributed by atoms with E-state index in [0.717, 1.165) is 79.5 Å². The van der Waals surface area contributed by atoms with Gasteiger partial charge in [-0.05, 0) is 87.5 Å². The molecule has 216 valence electrons. The predicted octanol–water partition coefficient (Wildman–Crippen LogP) is 5.53. The average Bonchev–Trinajstić information content (AvgIpc) is 3.37. The Hall–Kier alpha value is -4.21. The lowest BCUT2D eigenvalue weighted by atomic mass is 9.88. The third kappa shape index (κ3) is 5.75. The van der Waals surface area contributed by atoms with E-state index in [1.165, 1.54) is 0 Å². The number of aliphatic hydroxyl groups is 1.